The molecule has 1 aromatic rings. The number of carbonyl (C=O) groups is 3. The predicted octanol–water partition coefficient (Wildman–Crippen LogP) is 3.13. The number of nitrogens with one attached hydrogen (secondary N) is 2. The third kappa shape index (κ3) is 3.83. The third-order valence-electron chi connectivity index (χ3n) is 4.65. The minimum Gasteiger partial charge on any atom is -0.324 e. The lowest BCUT2D eigenvalue weighted by atomic mass is 9.88. The molecule has 1 aliphatic rings. The van der Waals surface area contributed by atoms with Gasteiger partial charge in [-0.15, -0.1) is 0 Å². The second kappa shape index (κ2) is 7.68. The Labute approximate surface area is 149 Å². The van der Waals surface area contributed by atoms with Gasteiger partial charge in [-0.25, -0.2) is 4.79 Å². The second-order valence-electron chi connectivity index (χ2n) is 6.72. The molecule has 1 aliphatic heterocycles. The fourth-order valence-electron chi connectivity index (χ4n) is 3.47. The molecule has 0 spiro atoms. The summed E-state index contributed by atoms with van der Waals surface area (Å²) in [6.45, 7) is 7.50. The minimum atomic E-state index is -0.862. The van der Waals surface area contributed by atoms with Crippen LogP contribution in [0.25, 0.3) is 0 Å². The van der Waals surface area contributed by atoms with E-state index in [1.54, 1.807) is 0 Å². The van der Waals surface area contributed by atoms with E-state index in [2.05, 4.69) is 10.6 Å². The van der Waals surface area contributed by atoms with Gasteiger partial charge in [-0.3, -0.25) is 14.5 Å². The van der Waals surface area contributed by atoms with Gasteiger partial charge in [0.2, 0.25) is 5.91 Å². The average molecular weight is 345 g/mol. The van der Waals surface area contributed by atoms with E-state index < -0.39 is 11.6 Å². The van der Waals surface area contributed by atoms with Gasteiger partial charge < -0.3 is 10.6 Å². The van der Waals surface area contributed by atoms with Crippen LogP contribution >= 0.6 is 0 Å². The number of hydrogen-bond acceptors (Lipinski definition) is 3. The molecule has 0 aromatic heterocycles. The molecule has 136 valence electrons. The molecule has 0 unspecified atom stereocenters. The van der Waals surface area contributed by atoms with Crippen LogP contribution in [0.5, 0.6) is 0 Å². The Morgan fingerprint density at radius 1 is 1.12 bits per heavy atom. The summed E-state index contributed by atoms with van der Waals surface area (Å²) in [7, 11) is 0. The van der Waals surface area contributed by atoms with Gasteiger partial charge in [-0.05, 0) is 37.8 Å². The predicted molar refractivity (Wildman–Crippen MR) is 97.3 cm³/mol. The molecule has 0 saturated carbocycles. The highest BCUT2D eigenvalue weighted by Crippen LogP contribution is 2.28. The number of rotatable bonds is 7. The van der Waals surface area contributed by atoms with E-state index in [1.165, 1.54) is 0 Å². The summed E-state index contributed by atoms with van der Waals surface area (Å²) in [6.07, 6.45) is 2.74. The summed E-state index contributed by atoms with van der Waals surface area (Å²) in [5.74, 6) is -0.664. The van der Waals surface area contributed by atoms with Gasteiger partial charge in [0, 0.05) is 5.69 Å². The van der Waals surface area contributed by atoms with Crippen LogP contribution in [0.2, 0.25) is 0 Å². The Morgan fingerprint density at radius 3 is 2.20 bits per heavy atom. The van der Waals surface area contributed by atoms with Gasteiger partial charge in [-0.1, -0.05) is 44.9 Å². The molecule has 6 nitrogen and oxygen atoms in total. The Kier molecular flexibility index (Phi) is 5.82. The Hall–Kier alpha value is -2.37. The van der Waals surface area contributed by atoms with Crippen molar-refractivity contribution in [3.8, 4) is 0 Å². The number of amides is 4. The Bertz CT molecular complexity index is 658. The van der Waals surface area contributed by atoms with Gasteiger partial charge in [0.15, 0.2) is 0 Å². The van der Waals surface area contributed by atoms with Crippen LogP contribution in [-0.2, 0) is 9.59 Å². The van der Waals surface area contributed by atoms with Crippen LogP contribution in [0, 0.1) is 13.8 Å². The molecule has 1 heterocycles. The molecular weight excluding hydrogens is 318 g/mol. The maximum absolute atomic E-state index is 12.8. The molecule has 1 fully saturated rings. The number of anilines is 1. The highest BCUT2D eigenvalue weighted by molar-refractivity contribution is 6.10. The highest BCUT2D eigenvalue weighted by Gasteiger charge is 2.50. The Morgan fingerprint density at radius 2 is 1.68 bits per heavy atom. The van der Waals surface area contributed by atoms with Crippen LogP contribution < -0.4 is 10.6 Å². The summed E-state index contributed by atoms with van der Waals surface area (Å²) in [4.78, 5) is 38.5. The zero-order valence-corrected chi connectivity index (χ0v) is 15.4. The normalized spacial score (nSPS) is 16.1. The lowest BCUT2D eigenvalue weighted by molar-refractivity contribution is -0.134. The third-order valence-corrected chi connectivity index (χ3v) is 4.65. The molecular formula is C19H27N3O3. The molecule has 4 amide bonds. The lowest BCUT2D eigenvalue weighted by Gasteiger charge is -2.25. The van der Waals surface area contributed by atoms with E-state index >= 15 is 0 Å². The van der Waals surface area contributed by atoms with Gasteiger partial charge in [0.05, 0.1) is 0 Å². The molecule has 2 N–H and O–H groups in total. The molecule has 2 rings (SSSR count). The SMILES string of the molecule is CCCC1(CCC)NC(=O)N(CC(=O)Nc2c(C)cccc2C)C1=O. The zero-order valence-electron chi connectivity index (χ0n) is 15.4. The second-order valence-corrected chi connectivity index (χ2v) is 6.72. The number of imide groups is 1. The molecule has 1 saturated heterocycles. The van der Waals surface area contributed by atoms with Crippen LogP contribution in [0.15, 0.2) is 18.2 Å². The van der Waals surface area contributed by atoms with Gasteiger partial charge in [0.25, 0.3) is 5.91 Å². The van der Waals surface area contributed by atoms with E-state index in [9.17, 15) is 14.4 Å². The average Bonchev–Trinajstić information content (AvgIpc) is 2.76. The summed E-state index contributed by atoms with van der Waals surface area (Å²) < 4.78 is 0. The van der Waals surface area contributed by atoms with E-state index in [4.69, 9.17) is 0 Å². The minimum absolute atomic E-state index is 0.270. The maximum atomic E-state index is 12.8. The van der Waals surface area contributed by atoms with Crippen molar-refractivity contribution in [2.75, 3.05) is 11.9 Å². The first kappa shape index (κ1) is 19.0. The van der Waals surface area contributed by atoms with Crippen molar-refractivity contribution in [1.29, 1.82) is 0 Å². The number of nitrogens with zero attached hydrogens (tertiary/aromatic N) is 1. The summed E-state index contributed by atoms with van der Waals surface area (Å²) in [5.41, 5.74) is 1.75. The first-order valence-electron chi connectivity index (χ1n) is 8.84. The zero-order chi connectivity index (χ0) is 18.6. The summed E-state index contributed by atoms with van der Waals surface area (Å²) in [6, 6.07) is 5.25. The van der Waals surface area contributed by atoms with Crippen LogP contribution in [-0.4, -0.2) is 34.8 Å². The number of hydrogen-bond donors (Lipinski definition) is 2. The van der Waals surface area contributed by atoms with Crippen molar-refractivity contribution >= 4 is 23.5 Å². The Balaban J connectivity index is 2.13. The van der Waals surface area contributed by atoms with E-state index in [-0.39, 0.29) is 18.4 Å². The van der Waals surface area contributed by atoms with E-state index in [0.29, 0.717) is 12.8 Å². The molecule has 6 heteroatoms. The first-order valence-corrected chi connectivity index (χ1v) is 8.84. The van der Waals surface area contributed by atoms with Crippen LogP contribution in [0.3, 0.4) is 0 Å². The van der Waals surface area contributed by atoms with Crippen molar-refractivity contribution < 1.29 is 14.4 Å². The van der Waals surface area contributed by atoms with Crippen molar-refractivity contribution in [2.45, 2.75) is 58.9 Å². The van der Waals surface area contributed by atoms with Gasteiger partial charge in [-0.2, -0.15) is 0 Å². The van der Waals surface area contributed by atoms with Crippen molar-refractivity contribution in [2.24, 2.45) is 0 Å². The smallest absolute Gasteiger partial charge is 0.324 e. The largest absolute Gasteiger partial charge is 0.325 e. The molecule has 0 aliphatic carbocycles. The standard InChI is InChI=1S/C19H27N3O3/c1-5-10-19(11-6-2)17(24)22(18(25)21-19)12-15(23)20-16-13(3)8-7-9-14(16)4/h7-9H,5-6,10-12H2,1-4H3,(H,20,23)(H,21,25). The van der Waals surface area contributed by atoms with E-state index in [0.717, 1.165) is 34.6 Å². The van der Waals surface area contributed by atoms with Crippen LogP contribution in [0.4, 0.5) is 10.5 Å². The first-order chi connectivity index (χ1) is 11.8. The fraction of sp³-hybridized carbons (Fsp3) is 0.526. The molecule has 0 bridgehead atoms. The van der Waals surface area contributed by atoms with Gasteiger partial charge in [0.1, 0.15) is 12.1 Å². The molecule has 1 aromatic carbocycles. The van der Waals surface area contributed by atoms with Crippen molar-refractivity contribution in [1.82, 2.24) is 10.2 Å². The molecule has 0 radical (unpaired) electrons. The topological polar surface area (TPSA) is 78.5 Å². The molecule has 0 atom stereocenters. The van der Waals surface area contributed by atoms with Crippen molar-refractivity contribution in [3.63, 3.8) is 0 Å². The van der Waals surface area contributed by atoms with Crippen LogP contribution in [0.1, 0.15) is 50.7 Å². The summed E-state index contributed by atoms with van der Waals surface area (Å²) in [5, 5.41) is 5.64. The monoisotopic (exact) mass is 345 g/mol. The van der Waals surface area contributed by atoms with E-state index in [1.807, 2.05) is 45.9 Å². The fourth-order valence-corrected chi connectivity index (χ4v) is 3.47. The number of aryl methyl sites for hydroxylation is 2. The lowest BCUT2D eigenvalue weighted by Crippen LogP contribution is -2.47. The summed E-state index contributed by atoms with van der Waals surface area (Å²) >= 11 is 0. The van der Waals surface area contributed by atoms with Crippen molar-refractivity contribution in [3.05, 3.63) is 29.3 Å². The number of urea groups is 1. The maximum Gasteiger partial charge on any atom is 0.325 e. The quantitative estimate of drug-likeness (QED) is 0.745. The highest BCUT2D eigenvalue weighted by atomic mass is 16.2. The number of para-hydroxylation sites is 1. The number of carbonyl (C=O) groups excluding carboxylic acids is 3. The molecule has 25 heavy (non-hydrogen) atoms. The number of benzene rings is 1. The van der Waals surface area contributed by atoms with Gasteiger partial charge >= 0.3 is 6.03 Å².